The minimum Gasteiger partial charge on any atom is -0.368 e. The highest BCUT2D eigenvalue weighted by atomic mass is 19.1. The van der Waals surface area contributed by atoms with E-state index in [0.29, 0.717) is 6.04 Å². The Hall–Kier alpha value is -1.09. The molecule has 16 heavy (non-hydrogen) atoms. The third kappa shape index (κ3) is 2.53. The van der Waals surface area contributed by atoms with Gasteiger partial charge in [0.2, 0.25) is 0 Å². The van der Waals surface area contributed by atoms with Crippen LogP contribution in [0.2, 0.25) is 0 Å². The fraction of sp³-hybridized carbons (Fsp3) is 0.538. The number of anilines is 1. The number of para-hydroxylation sites is 1. The second-order valence-corrected chi connectivity index (χ2v) is 4.28. The summed E-state index contributed by atoms with van der Waals surface area (Å²) in [6, 6.07) is 7.52. The van der Waals surface area contributed by atoms with Gasteiger partial charge in [0.1, 0.15) is 5.82 Å². The minimum atomic E-state index is -0.123. The van der Waals surface area contributed by atoms with E-state index in [9.17, 15) is 4.39 Å². The first-order valence-corrected chi connectivity index (χ1v) is 6.04. The standard InChI is InChI=1S/C13H19FN2/c1-2-16(10-11-6-5-9-15-11)13-8-4-3-7-12(13)14/h3-4,7-8,11,15H,2,5-6,9-10H2,1H3. The van der Waals surface area contributed by atoms with E-state index in [2.05, 4.69) is 17.1 Å². The molecule has 1 fully saturated rings. The average Bonchev–Trinajstić information content (AvgIpc) is 2.80. The van der Waals surface area contributed by atoms with E-state index in [1.807, 2.05) is 12.1 Å². The topological polar surface area (TPSA) is 15.3 Å². The van der Waals surface area contributed by atoms with Gasteiger partial charge in [-0.25, -0.2) is 4.39 Å². The van der Waals surface area contributed by atoms with Crippen molar-refractivity contribution in [3.63, 3.8) is 0 Å². The molecule has 1 unspecified atom stereocenters. The van der Waals surface area contributed by atoms with Crippen LogP contribution in [0.1, 0.15) is 19.8 Å². The highest BCUT2D eigenvalue weighted by Crippen LogP contribution is 2.19. The van der Waals surface area contributed by atoms with Crippen LogP contribution in [0.4, 0.5) is 10.1 Å². The van der Waals surface area contributed by atoms with Crippen LogP contribution in [-0.4, -0.2) is 25.7 Å². The van der Waals surface area contributed by atoms with Gasteiger partial charge in [0.25, 0.3) is 0 Å². The second-order valence-electron chi connectivity index (χ2n) is 4.28. The van der Waals surface area contributed by atoms with Crippen LogP contribution < -0.4 is 10.2 Å². The fourth-order valence-electron chi connectivity index (χ4n) is 2.28. The van der Waals surface area contributed by atoms with Gasteiger partial charge >= 0.3 is 0 Å². The number of nitrogens with zero attached hydrogens (tertiary/aromatic N) is 1. The lowest BCUT2D eigenvalue weighted by atomic mass is 10.2. The predicted molar refractivity (Wildman–Crippen MR) is 65.3 cm³/mol. The summed E-state index contributed by atoms with van der Waals surface area (Å²) < 4.78 is 13.6. The van der Waals surface area contributed by atoms with Gasteiger partial charge in [-0.1, -0.05) is 12.1 Å². The Bertz CT molecular complexity index is 334. The smallest absolute Gasteiger partial charge is 0.146 e. The third-order valence-electron chi connectivity index (χ3n) is 3.18. The maximum absolute atomic E-state index is 13.6. The Labute approximate surface area is 96.5 Å². The molecule has 1 aromatic rings. The van der Waals surface area contributed by atoms with E-state index in [1.165, 1.54) is 18.9 Å². The fourth-order valence-corrected chi connectivity index (χ4v) is 2.28. The number of halogens is 1. The summed E-state index contributed by atoms with van der Waals surface area (Å²) in [4.78, 5) is 2.11. The molecule has 1 aromatic carbocycles. The highest BCUT2D eigenvalue weighted by molar-refractivity contribution is 5.47. The van der Waals surface area contributed by atoms with Crippen molar-refractivity contribution < 1.29 is 4.39 Å². The van der Waals surface area contributed by atoms with Crippen molar-refractivity contribution in [2.24, 2.45) is 0 Å². The molecule has 0 amide bonds. The summed E-state index contributed by atoms with van der Waals surface area (Å²) in [5.74, 6) is -0.123. The van der Waals surface area contributed by atoms with Gasteiger partial charge in [-0.05, 0) is 38.4 Å². The van der Waals surface area contributed by atoms with Gasteiger partial charge < -0.3 is 10.2 Å². The van der Waals surface area contributed by atoms with Crippen LogP contribution >= 0.6 is 0 Å². The first kappa shape index (κ1) is 11.4. The quantitative estimate of drug-likeness (QED) is 0.841. The van der Waals surface area contributed by atoms with Crippen LogP contribution in [0, 0.1) is 5.82 Å². The Kier molecular flexibility index (Phi) is 3.78. The van der Waals surface area contributed by atoms with Crippen molar-refractivity contribution >= 4 is 5.69 Å². The van der Waals surface area contributed by atoms with Crippen molar-refractivity contribution in [2.75, 3.05) is 24.5 Å². The summed E-state index contributed by atoms with van der Waals surface area (Å²) in [6.07, 6.45) is 2.43. The largest absolute Gasteiger partial charge is 0.368 e. The molecule has 1 N–H and O–H groups in total. The van der Waals surface area contributed by atoms with E-state index >= 15 is 0 Å². The molecule has 0 aromatic heterocycles. The Morgan fingerprint density at radius 1 is 1.44 bits per heavy atom. The molecule has 2 nitrogen and oxygen atoms in total. The molecule has 0 bridgehead atoms. The second kappa shape index (κ2) is 5.30. The Balaban J connectivity index is 2.06. The molecule has 1 heterocycles. The highest BCUT2D eigenvalue weighted by Gasteiger charge is 2.18. The molecule has 0 aliphatic carbocycles. The van der Waals surface area contributed by atoms with Gasteiger partial charge in [0.05, 0.1) is 5.69 Å². The van der Waals surface area contributed by atoms with Gasteiger partial charge in [0.15, 0.2) is 0 Å². The molecule has 1 atom stereocenters. The van der Waals surface area contributed by atoms with Gasteiger partial charge in [-0.2, -0.15) is 0 Å². The lowest BCUT2D eigenvalue weighted by molar-refractivity contribution is 0.570. The molecule has 1 aliphatic heterocycles. The lowest BCUT2D eigenvalue weighted by Gasteiger charge is -2.26. The van der Waals surface area contributed by atoms with Crippen LogP contribution in [0.3, 0.4) is 0 Å². The molecule has 3 heteroatoms. The maximum Gasteiger partial charge on any atom is 0.146 e. The predicted octanol–water partition coefficient (Wildman–Crippen LogP) is 2.40. The average molecular weight is 222 g/mol. The Morgan fingerprint density at radius 2 is 2.25 bits per heavy atom. The summed E-state index contributed by atoms with van der Waals surface area (Å²) >= 11 is 0. The molecular formula is C13H19FN2. The zero-order valence-corrected chi connectivity index (χ0v) is 9.75. The van der Waals surface area contributed by atoms with E-state index in [0.717, 1.165) is 25.3 Å². The molecule has 0 radical (unpaired) electrons. The van der Waals surface area contributed by atoms with E-state index in [1.54, 1.807) is 6.07 Å². The van der Waals surface area contributed by atoms with Gasteiger partial charge in [-0.15, -0.1) is 0 Å². The van der Waals surface area contributed by atoms with E-state index in [-0.39, 0.29) is 5.82 Å². The number of benzene rings is 1. The first-order chi connectivity index (χ1) is 7.81. The number of likely N-dealkylation sites (N-methyl/N-ethyl adjacent to an activating group) is 1. The normalized spacial score (nSPS) is 20.0. The monoisotopic (exact) mass is 222 g/mol. The number of hydrogen-bond acceptors (Lipinski definition) is 2. The zero-order valence-electron chi connectivity index (χ0n) is 9.75. The van der Waals surface area contributed by atoms with Gasteiger partial charge in [-0.3, -0.25) is 0 Å². The third-order valence-corrected chi connectivity index (χ3v) is 3.18. The van der Waals surface area contributed by atoms with Crippen molar-refractivity contribution in [1.82, 2.24) is 5.32 Å². The molecule has 0 saturated carbocycles. The molecule has 0 spiro atoms. The summed E-state index contributed by atoms with van der Waals surface area (Å²) in [5, 5.41) is 3.45. The lowest BCUT2D eigenvalue weighted by Crippen LogP contribution is -2.37. The van der Waals surface area contributed by atoms with Gasteiger partial charge in [0, 0.05) is 19.1 Å². The van der Waals surface area contributed by atoms with Crippen molar-refractivity contribution in [3.8, 4) is 0 Å². The SMILES string of the molecule is CCN(CC1CCCN1)c1ccccc1F. The minimum absolute atomic E-state index is 0.123. The molecule has 1 aliphatic rings. The Morgan fingerprint density at radius 3 is 2.88 bits per heavy atom. The van der Waals surface area contributed by atoms with E-state index < -0.39 is 0 Å². The number of hydrogen-bond donors (Lipinski definition) is 1. The van der Waals surface area contributed by atoms with Crippen LogP contribution in [0.25, 0.3) is 0 Å². The molecular weight excluding hydrogens is 203 g/mol. The first-order valence-electron chi connectivity index (χ1n) is 6.04. The van der Waals surface area contributed by atoms with Crippen molar-refractivity contribution in [3.05, 3.63) is 30.1 Å². The molecule has 2 rings (SSSR count). The van der Waals surface area contributed by atoms with Crippen molar-refractivity contribution in [2.45, 2.75) is 25.8 Å². The van der Waals surface area contributed by atoms with Crippen molar-refractivity contribution in [1.29, 1.82) is 0 Å². The number of rotatable bonds is 4. The molecule has 1 saturated heterocycles. The summed E-state index contributed by atoms with van der Waals surface area (Å²) in [5.41, 5.74) is 0.721. The van der Waals surface area contributed by atoms with E-state index in [4.69, 9.17) is 0 Å². The van der Waals surface area contributed by atoms with Crippen LogP contribution in [0.15, 0.2) is 24.3 Å². The summed E-state index contributed by atoms with van der Waals surface area (Å²) in [6.45, 7) is 4.91. The van der Waals surface area contributed by atoms with Crippen LogP contribution in [0.5, 0.6) is 0 Å². The zero-order chi connectivity index (χ0) is 11.4. The molecule has 88 valence electrons. The number of nitrogens with one attached hydrogen (secondary N) is 1. The maximum atomic E-state index is 13.6. The summed E-state index contributed by atoms with van der Waals surface area (Å²) in [7, 11) is 0. The van der Waals surface area contributed by atoms with Crippen LogP contribution in [-0.2, 0) is 0 Å².